The van der Waals surface area contributed by atoms with E-state index in [1.54, 1.807) is 0 Å². The van der Waals surface area contributed by atoms with Crippen molar-refractivity contribution in [3.05, 3.63) is 0 Å². The second-order valence-electron chi connectivity index (χ2n) is 0.447. The zero-order valence-electron chi connectivity index (χ0n) is 2.58. The largest absolute Gasteiger partial charge is 4.00 e. The third-order valence-corrected chi connectivity index (χ3v) is 0. The molecule has 0 fully saturated rings. The van der Waals surface area contributed by atoms with Gasteiger partial charge in [-0.05, 0) is 0 Å². The van der Waals surface area contributed by atoms with Crippen LogP contribution in [0.3, 0.4) is 0 Å². The fourth-order valence-corrected chi connectivity index (χ4v) is 0. The van der Waals surface area contributed by atoms with Gasteiger partial charge in [-0.25, -0.2) is 0 Å². The van der Waals surface area contributed by atoms with Crippen LogP contribution in [-0.4, -0.2) is 0 Å². The van der Waals surface area contributed by atoms with Crippen molar-refractivity contribution in [3.8, 4) is 0 Å². The molecule has 0 unspecified atom stereocenters. The van der Waals surface area contributed by atoms with Gasteiger partial charge in [-0.1, -0.05) is 0 Å². The van der Waals surface area contributed by atoms with Gasteiger partial charge in [0, 0.05) is 0 Å². The minimum absolute atomic E-state index is 0. The number of rotatable bonds is 0. The zero-order valence-corrected chi connectivity index (χ0v) is 5.04. The van der Waals surface area contributed by atoms with Crippen molar-refractivity contribution in [2.24, 2.45) is 0 Å². The molecule has 4 nitrogen and oxygen atoms in total. The SMILES string of the molecule is O=P([O-])([O-])[O-].[Ti+4]. The predicted octanol–water partition coefficient (Wildman–Crippen LogP) is -2.83. The molecule has 0 bridgehead atoms. The Morgan fingerprint density at radius 1 is 1.17 bits per heavy atom. The van der Waals surface area contributed by atoms with Crippen LogP contribution < -0.4 is 14.7 Å². The maximum atomic E-state index is 8.55. The van der Waals surface area contributed by atoms with Crippen LogP contribution in [-0.2, 0) is 26.3 Å². The Bertz CT molecular complexity index is 53.7. The first-order valence-corrected chi connectivity index (χ1v) is 2.19. The van der Waals surface area contributed by atoms with E-state index in [0.717, 1.165) is 0 Å². The van der Waals surface area contributed by atoms with Crippen LogP contribution in [0.25, 0.3) is 0 Å². The van der Waals surface area contributed by atoms with Crippen LogP contribution in [0.15, 0.2) is 0 Å². The quantitative estimate of drug-likeness (QED) is 0.270. The van der Waals surface area contributed by atoms with Crippen molar-refractivity contribution < 1.29 is 41.0 Å². The van der Waals surface area contributed by atoms with E-state index in [1.165, 1.54) is 0 Å². The van der Waals surface area contributed by atoms with Crippen LogP contribution in [0.1, 0.15) is 0 Å². The molecule has 0 N–H and O–H groups in total. The molecule has 0 amide bonds. The first kappa shape index (κ1) is 9.95. The fraction of sp³-hybridized carbons (Fsp3) is 0. The van der Waals surface area contributed by atoms with Crippen molar-refractivity contribution in [1.82, 2.24) is 0 Å². The average Bonchev–Trinajstić information content (AvgIpc) is 0.722. The third-order valence-electron chi connectivity index (χ3n) is 0. The van der Waals surface area contributed by atoms with Crippen molar-refractivity contribution in [2.45, 2.75) is 0 Å². The number of hydrogen-bond donors (Lipinski definition) is 0. The normalized spacial score (nSPS) is 9.83. The zero-order chi connectivity index (χ0) is 4.50. The average molecular weight is 143 g/mol. The molecule has 0 aromatic carbocycles. The van der Waals surface area contributed by atoms with Crippen molar-refractivity contribution in [2.75, 3.05) is 0 Å². The summed E-state index contributed by atoms with van der Waals surface area (Å²) in [5.41, 5.74) is 0. The molecule has 0 aliphatic rings. The van der Waals surface area contributed by atoms with Crippen LogP contribution in [0, 0.1) is 0 Å². The Morgan fingerprint density at radius 2 is 1.17 bits per heavy atom. The second kappa shape index (κ2) is 2.91. The molecular formula is O4PTi+. The molecule has 6 heavy (non-hydrogen) atoms. The van der Waals surface area contributed by atoms with Gasteiger partial charge in [-0.3, -0.25) is 0 Å². The molecule has 0 aliphatic carbocycles. The van der Waals surface area contributed by atoms with Gasteiger partial charge >= 0.3 is 21.7 Å². The van der Waals surface area contributed by atoms with Crippen LogP contribution in [0.5, 0.6) is 0 Å². The molecule has 32 valence electrons. The monoisotopic (exact) mass is 143 g/mol. The molecule has 0 heterocycles. The Hall–Kier alpha value is 0.824. The molecule has 0 radical (unpaired) electrons. The van der Waals surface area contributed by atoms with Gasteiger partial charge in [0.15, 0.2) is 0 Å². The van der Waals surface area contributed by atoms with Gasteiger partial charge < -0.3 is 19.2 Å². The summed E-state index contributed by atoms with van der Waals surface area (Å²) in [5, 5.41) is 0. The minimum atomic E-state index is -5.39. The van der Waals surface area contributed by atoms with Gasteiger partial charge in [0.1, 0.15) is 0 Å². The summed E-state index contributed by atoms with van der Waals surface area (Å²) in [7, 11) is -5.39. The van der Waals surface area contributed by atoms with Crippen molar-refractivity contribution >= 4 is 7.82 Å². The topological polar surface area (TPSA) is 86.2 Å². The fourth-order valence-electron chi connectivity index (χ4n) is 0. The molecular weight excluding hydrogens is 143 g/mol. The molecule has 0 atom stereocenters. The second-order valence-corrected chi connectivity index (χ2v) is 1.34. The Morgan fingerprint density at radius 3 is 1.17 bits per heavy atom. The van der Waals surface area contributed by atoms with Crippen molar-refractivity contribution in [3.63, 3.8) is 0 Å². The third kappa shape index (κ3) is 104. The molecule has 0 aromatic rings. The van der Waals surface area contributed by atoms with E-state index < -0.39 is 7.82 Å². The van der Waals surface area contributed by atoms with E-state index in [2.05, 4.69) is 0 Å². The van der Waals surface area contributed by atoms with E-state index in [1.807, 2.05) is 0 Å². The van der Waals surface area contributed by atoms with E-state index >= 15 is 0 Å². The van der Waals surface area contributed by atoms with Gasteiger partial charge in [0.2, 0.25) is 0 Å². The summed E-state index contributed by atoms with van der Waals surface area (Å²) in [6.45, 7) is 0. The van der Waals surface area contributed by atoms with Crippen LogP contribution >= 0.6 is 7.82 Å². The molecule has 0 rings (SSSR count). The number of phosphoric acid groups is 1. The first-order valence-electron chi connectivity index (χ1n) is 0.730. The van der Waals surface area contributed by atoms with E-state index in [0.29, 0.717) is 0 Å². The summed E-state index contributed by atoms with van der Waals surface area (Å²) in [6.07, 6.45) is 0. The Balaban J connectivity index is 0. The molecule has 6 heteroatoms. The molecule has 0 spiro atoms. The summed E-state index contributed by atoms with van der Waals surface area (Å²) in [6, 6.07) is 0. The standard InChI is InChI=1S/H3O4P.Ti/c1-5(2,3)4;/h(H3,1,2,3,4);/q;+4/p-3. The maximum absolute atomic E-state index is 8.55. The maximum Gasteiger partial charge on any atom is 4.00 e. The summed E-state index contributed by atoms with van der Waals surface area (Å²) in [4.78, 5) is 25.6. The predicted molar refractivity (Wildman–Crippen MR) is 7.61 cm³/mol. The summed E-state index contributed by atoms with van der Waals surface area (Å²) < 4.78 is 8.55. The van der Waals surface area contributed by atoms with E-state index in [9.17, 15) is 0 Å². The van der Waals surface area contributed by atoms with Crippen LogP contribution in [0.2, 0.25) is 0 Å². The van der Waals surface area contributed by atoms with Gasteiger partial charge in [-0.15, -0.1) is 0 Å². The van der Waals surface area contributed by atoms with Gasteiger partial charge in [-0.2, -0.15) is 7.82 Å². The Kier molecular flexibility index (Phi) is 4.83. The molecule has 0 saturated heterocycles. The smallest absolute Gasteiger partial charge is 0.822 e. The molecule has 0 aliphatic heterocycles. The van der Waals surface area contributed by atoms with E-state index in [-0.39, 0.29) is 21.7 Å². The summed E-state index contributed by atoms with van der Waals surface area (Å²) >= 11 is 0. The molecule has 0 aromatic heterocycles. The van der Waals surface area contributed by atoms with E-state index in [4.69, 9.17) is 19.2 Å². The molecule has 0 saturated carbocycles. The number of hydrogen-bond acceptors (Lipinski definition) is 4. The summed E-state index contributed by atoms with van der Waals surface area (Å²) in [5.74, 6) is 0. The Labute approximate surface area is 49.3 Å². The van der Waals surface area contributed by atoms with Crippen molar-refractivity contribution in [1.29, 1.82) is 0 Å². The van der Waals surface area contributed by atoms with Gasteiger partial charge in [0.25, 0.3) is 0 Å². The van der Waals surface area contributed by atoms with Crippen LogP contribution in [0.4, 0.5) is 0 Å². The van der Waals surface area contributed by atoms with Gasteiger partial charge in [0.05, 0.1) is 0 Å². The first-order chi connectivity index (χ1) is 2.00. The minimum Gasteiger partial charge on any atom is -0.822 e.